The lowest BCUT2D eigenvalue weighted by Gasteiger charge is -2.13. The molecule has 0 spiro atoms. The standard InChI is InChI=1S/C26H21N3O3S/c1-16-20(19-11-5-6-13-22(19)28(16)2)14-23-25(31)29(26(32)33-23)15-24(30)27-21-12-7-9-17-8-3-4-10-18(17)21/h3-14H,15H2,1-2H3,(H,27,30)/b23-14-. The second-order valence-corrected chi connectivity index (χ2v) is 8.91. The lowest BCUT2D eigenvalue weighted by atomic mass is 10.1. The molecular weight excluding hydrogens is 434 g/mol. The average molecular weight is 456 g/mol. The quantitative estimate of drug-likeness (QED) is 0.423. The third kappa shape index (κ3) is 3.70. The summed E-state index contributed by atoms with van der Waals surface area (Å²) in [4.78, 5) is 39.6. The summed E-state index contributed by atoms with van der Waals surface area (Å²) in [6, 6.07) is 21.2. The van der Waals surface area contributed by atoms with E-state index >= 15 is 0 Å². The number of rotatable bonds is 4. The predicted octanol–water partition coefficient (Wildman–Crippen LogP) is 5.31. The zero-order valence-electron chi connectivity index (χ0n) is 18.2. The molecule has 0 saturated carbocycles. The number of benzene rings is 3. The molecule has 0 atom stereocenters. The van der Waals surface area contributed by atoms with Crippen LogP contribution in [0.2, 0.25) is 0 Å². The summed E-state index contributed by atoms with van der Waals surface area (Å²) < 4.78 is 2.06. The number of hydrogen-bond acceptors (Lipinski definition) is 4. The fourth-order valence-corrected chi connectivity index (χ4v) is 4.99. The monoisotopic (exact) mass is 455 g/mol. The van der Waals surface area contributed by atoms with Crippen molar-refractivity contribution >= 4 is 62.3 Å². The van der Waals surface area contributed by atoms with Crippen molar-refractivity contribution in [2.45, 2.75) is 6.92 Å². The van der Waals surface area contributed by atoms with Crippen molar-refractivity contribution in [3.8, 4) is 0 Å². The largest absolute Gasteiger partial charge is 0.347 e. The molecule has 0 radical (unpaired) electrons. The van der Waals surface area contributed by atoms with Crippen molar-refractivity contribution in [3.05, 3.63) is 82.9 Å². The molecule has 0 aliphatic carbocycles. The molecule has 7 heteroatoms. The Morgan fingerprint density at radius 3 is 2.48 bits per heavy atom. The van der Waals surface area contributed by atoms with E-state index < -0.39 is 17.1 Å². The number of carbonyl (C=O) groups excluding carboxylic acids is 3. The van der Waals surface area contributed by atoms with Crippen molar-refractivity contribution in [2.75, 3.05) is 11.9 Å². The minimum absolute atomic E-state index is 0.317. The van der Waals surface area contributed by atoms with Crippen LogP contribution in [-0.2, 0) is 16.6 Å². The molecule has 3 amide bonds. The molecular formula is C26H21N3O3S. The van der Waals surface area contributed by atoms with E-state index in [0.29, 0.717) is 10.6 Å². The highest BCUT2D eigenvalue weighted by atomic mass is 32.2. The van der Waals surface area contributed by atoms with Crippen LogP contribution in [0.3, 0.4) is 0 Å². The van der Waals surface area contributed by atoms with E-state index in [1.165, 1.54) is 0 Å². The summed E-state index contributed by atoms with van der Waals surface area (Å²) in [5, 5.41) is 5.29. The zero-order chi connectivity index (χ0) is 23.1. The van der Waals surface area contributed by atoms with E-state index in [9.17, 15) is 14.4 Å². The number of nitrogens with one attached hydrogen (secondary N) is 1. The second-order valence-electron chi connectivity index (χ2n) is 7.92. The summed E-state index contributed by atoms with van der Waals surface area (Å²) in [5.41, 5.74) is 3.59. The predicted molar refractivity (Wildman–Crippen MR) is 133 cm³/mol. The number of anilines is 1. The van der Waals surface area contributed by atoms with Crippen LogP contribution in [0, 0.1) is 6.92 Å². The van der Waals surface area contributed by atoms with Crippen LogP contribution < -0.4 is 5.32 Å². The van der Waals surface area contributed by atoms with Crippen molar-refractivity contribution in [1.29, 1.82) is 0 Å². The molecule has 1 aliphatic heterocycles. The van der Waals surface area contributed by atoms with Gasteiger partial charge < -0.3 is 9.88 Å². The van der Waals surface area contributed by atoms with Crippen LogP contribution >= 0.6 is 11.8 Å². The SMILES string of the molecule is Cc1c(/C=C2\SC(=O)N(CC(=O)Nc3cccc4ccccc34)C2=O)c2ccccc2n1C. The van der Waals surface area contributed by atoms with Gasteiger partial charge in [0.15, 0.2) is 0 Å². The van der Waals surface area contributed by atoms with Crippen LogP contribution in [0.25, 0.3) is 27.8 Å². The molecule has 0 bridgehead atoms. The summed E-state index contributed by atoms with van der Waals surface area (Å²) in [6.07, 6.45) is 1.76. The first kappa shape index (κ1) is 21.0. The Kier molecular flexibility index (Phi) is 5.26. The van der Waals surface area contributed by atoms with E-state index in [4.69, 9.17) is 0 Å². The van der Waals surface area contributed by atoms with E-state index in [-0.39, 0.29) is 6.54 Å². The zero-order valence-corrected chi connectivity index (χ0v) is 19.0. The molecule has 6 nitrogen and oxygen atoms in total. The first-order valence-corrected chi connectivity index (χ1v) is 11.3. The Hall–Kier alpha value is -3.84. The number of imide groups is 1. The van der Waals surface area contributed by atoms with Crippen LogP contribution in [0.15, 0.2) is 71.6 Å². The lowest BCUT2D eigenvalue weighted by Crippen LogP contribution is -2.36. The molecule has 33 heavy (non-hydrogen) atoms. The highest BCUT2D eigenvalue weighted by Gasteiger charge is 2.36. The maximum atomic E-state index is 13.0. The Balaban J connectivity index is 1.38. The van der Waals surface area contributed by atoms with E-state index in [1.807, 2.05) is 74.6 Å². The minimum atomic E-state index is -0.453. The molecule has 1 fully saturated rings. The van der Waals surface area contributed by atoms with Gasteiger partial charge in [-0.2, -0.15) is 0 Å². The minimum Gasteiger partial charge on any atom is -0.347 e. The first-order valence-electron chi connectivity index (χ1n) is 10.5. The van der Waals surface area contributed by atoms with E-state index in [0.717, 1.165) is 49.6 Å². The number of aryl methyl sites for hydroxylation is 1. The van der Waals surface area contributed by atoms with Gasteiger partial charge in [-0.1, -0.05) is 54.6 Å². The Labute approximate surface area is 194 Å². The Morgan fingerprint density at radius 1 is 0.970 bits per heavy atom. The topological polar surface area (TPSA) is 71.4 Å². The van der Waals surface area contributed by atoms with Gasteiger partial charge in [0.05, 0.1) is 4.91 Å². The van der Waals surface area contributed by atoms with Gasteiger partial charge in [0, 0.05) is 40.3 Å². The van der Waals surface area contributed by atoms with Crippen molar-refractivity contribution in [2.24, 2.45) is 7.05 Å². The van der Waals surface area contributed by atoms with Gasteiger partial charge in [-0.15, -0.1) is 0 Å². The summed E-state index contributed by atoms with van der Waals surface area (Å²) >= 11 is 0.863. The molecule has 2 heterocycles. The Bertz CT molecular complexity index is 1480. The van der Waals surface area contributed by atoms with Crippen molar-refractivity contribution in [1.82, 2.24) is 9.47 Å². The van der Waals surface area contributed by atoms with Crippen LogP contribution in [0.1, 0.15) is 11.3 Å². The van der Waals surface area contributed by atoms with Crippen LogP contribution in [-0.4, -0.2) is 33.1 Å². The number of fused-ring (bicyclic) bond motifs is 2. The summed E-state index contributed by atoms with van der Waals surface area (Å²) in [7, 11) is 1.97. The maximum absolute atomic E-state index is 13.0. The molecule has 3 aromatic carbocycles. The van der Waals surface area contributed by atoms with E-state index in [1.54, 1.807) is 12.1 Å². The number of nitrogens with zero attached hydrogens (tertiary/aromatic N) is 2. The van der Waals surface area contributed by atoms with Crippen LogP contribution in [0.4, 0.5) is 10.5 Å². The first-order chi connectivity index (χ1) is 15.9. The number of amides is 3. The molecule has 164 valence electrons. The van der Waals surface area contributed by atoms with Gasteiger partial charge >= 0.3 is 0 Å². The average Bonchev–Trinajstić information content (AvgIpc) is 3.22. The van der Waals surface area contributed by atoms with Gasteiger partial charge in [-0.05, 0) is 42.3 Å². The van der Waals surface area contributed by atoms with E-state index in [2.05, 4.69) is 9.88 Å². The van der Waals surface area contributed by atoms with Crippen LogP contribution in [0.5, 0.6) is 0 Å². The smallest absolute Gasteiger partial charge is 0.294 e. The highest BCUT2D eigenvalue weighted by molar-refractivity contribution is 8.18. The van der Waals surface area contributed by atoms with Gasteiger partial charge in [0.2, 0.25) is 5.91 Å². The van der Waals surface area contributed by atoms with Gasteiger partial charge in [-0.25, -0.2) is 0 Å². The molecule has 1 aliphatic rings. The normalized spacial score (nSPS) is 15.2. The molecule has 5 rings (SSSR count). The lowest BCUT2D eigenvalue weighted by molar-refractivity contribution is -0.127. The second kappa shape index (κ2) is 8.26. The number of hydrogen-bond donors (Lipinski definition) is 1. The number of thioether (sulfide) groups is 1. The number of para-hydroxylation sites is 1. The fraction of sp³-hybridized carbons (Fsp3) is 0.115. The van der Waals surface area contributed by atoms with Gasteiger partial charge in [-0.3, -0.25) is 19.3 Å². The Morgan fingerprint density at radius 2 is 1.67 bits per heavy atom. The molecule has 0 unspecified atom stereocenters. The molecule has 1 N–H and O–H groups in total. The summed E-state index contributed by atoms with van der Waals surface area (Å²) in [5.74, 6) is -0.873. The number of carbonyl (C=O) groups is 3. The number of aromatic nitrogens is 1. The summed E-state index contributed by atoms with van der Waals surface area (Å²) in [6.45, 7) is 1.65. The molecule has 1 aromatic heterocycles. The third-order valence-electron chi connectivity index (χ3n) is 5.96. The molecule has 1 saturated heterocycles. The third-order valence-corrected chi connectivity index (χ3v) is 6.87. The van der Waals surface area contributed by atoms with Crippen molar-refractivity contribution < 1.29 is 14.4 Å². The molecule has 4 aromatic rings. The fourth-order valence-electron chi connectivity index (χ4n) is 4.17. The van der Waals surface area contributed by atoms with Gasteiger partial charge in [0.1, 0.15) is 6.54 Å². The van der Waals surface area contributed by atoms with Gasteiger partial charge in [0.25, 0.3) is 11.1 Å². The highest BCUT2D eigenvalue weighted by Crippen LogP contribution is 2.35. The van der Waals surface area contributed by atoms with Crippen molar-refractivity contribution in [3.63, 3.8) is 0 Å². The maximum Gasteiger partial charge on any atom is 0.294 e.